The molecule has 4 N–H and O–H groups in total. The van der Waals surface area contributed by atoms with Gasteiger partial charge in [0.05, 0.1) is 21.2 Å². The number of carbonyl (C=O) groups is 1. The normalized spacial score (nSPS) is 12.9. The molecule has 136 valence electrons. The van der Waals surface area contributed by atoms with Gasteiger partial charge in [-0.05, 0) is 49.4 Å². The number of aromatic nitrogens is 2. The quantitative estimate of drug-likeness (QED) is 0.559. The molecular weight excluding hydrogens is 396 g/mol. The van der Waals surface area contributed by atoms with Crippen LogP contribution in [0.3, 0.4) is 0 Å². The van der Waals surface area contributed by atoms with Crippen molar-refractivity contribution in [3.05, 3.63) is 47.5 Å². The summed E-state index contributed by atoms with van der Waals surface area (Å²) in [4.78, 5) is 19.8. The first-order valence-electron chi connectivity index (χ1n) is 7.48. The number of sulfonamides is 1. The summed E-state index contributed by atoms with van der Waals surface area (Å²) in [6.45, 7) is 1.75. The molecule has 0 saturated carbocycles. The van der Waals surface area contributed by atoms with Crippen molar-refractivity contribution in [1.29, 1.82) is 0 Å². The number of nitrogens with zero attached hydrogens (tertiary/aromatic N) is 1. The van der Waals surface area contributed by atoms with Crippen LogP contribution < -0.4 is 10.5 Å². The van der Waals surface area contributed by atoms with Crippen molar-refractivity contribution < 1.29 is 13.2 Å². The number of thioether (sulfide) groups is 1. The Morgan fingerprint density at radius 3 is 2.62 bits per heavy atom. The molecule has 1 atom stereocenters. The maximum absolute atomic E-state index is 12.3. The van der Waals surface area contributed by atoms with Gasteiger partial charge in [0.25, 0.3) is 0 Å². The van der Waals surface area contributed by atoms with Crippen LogP contribution in [0.5, 0.6) is 0 Å². The molecule has 1 aromatic heterocycles. The summed E-state index contributed by atoms with van der Waals surface area (Å²) in [6, 6.07) is 11.0. The van der Waals surface area contributed by atoms with E-state index in [-0.39, 0.29) is 10.8 Å². The minimum Gasteiger partial charge on any atom is -0.333 e. The van der Waals surface area contributed by atoms with Crippen LogP contribution in [0.1, 0.15) is 6.92 Å². The summed E-state index contributed by atoms with van der Waals surface area (Å²) < 4.78 is 22.5. The van der Waals surface area contributed by atoms with Crippen LogP contribution in [0.4, 0.5) is 5.69 Å². The van der Waals surface area contributed by atoms with E-state index in [1.807, 2.05) is 0 Å². The molecule has 2 aromatic carbocycles. The van der Waals surface area contributed by atoms with Crippen molar-refractivity contribution in [3.63, 3.8) is 0 Å². The first-order valence-corrected chi connectivity index (χ1v) is 10.3. The first kappa shape index (κ1) is 18.7. The lowest BCUT2D eigenvalue weighted by Crippen LogP contribution is -2.22. The minimum absolute atomic E-state index is 0.0149. The van der Waals surface area contributed by atoms with E-state index in [2.05, 4.69) is 15.3 Å². The summed E-state index contributed by atoms with van der Waals surface area (Å²) in [5.41, 5.74) is 2.04. The van der Waals surface area contributed by atoms with E-state index >= 15 is 0 Å². The Hall–Kier alpha value is -2.07. The molecule has 0 bridgehead atoms. The van der Waals surface area contributed by atoms with E-state index < -0.39 is 15.3 Å². The van der Waals surface area contributed by atoms with Crippen LogP contribution in [-0.2, 0) is 14.8 Å². The van der Waals surface area contributed by atoms with Gasteiger partial charge in [0.2, 0.25) is 15.9 Å². The van der Waals surface area contributed by atoms with Crippen LogP contribution in [0, 0.1) is 0 Å². The minimum atomic E-state index is -3.76. The number of nitrogens with one attached hydrogen (secondary N) is 2. The monoisotopic (exact) mass is 410 g/mol. The number of hydrogen-bond donors (Lipinski definition) is 3. The lowest BCUT2D eigenvalue weighted by atomic mass is 10.3. The van der Waals surface area contributed by atoms with Crippen molar-refractivity contribution in [2.45, 2.75) is 22.2 Å². The van der Waals surface area contributed by atoms with Crippen molar-refractivity contribution in [3.8, 4) is 0 Å². The van der Waals surface area contributed by atoms with Crippen LogP contribution in [0.25, 0.3) is 11.0 Å². The highest BCUT2D eigenvalue weighted by molar-refractivity contribution is 8.00. The molecule has 1 heterocycles. The zero-order valence-electron chi connectivity index (χ0n) is 13.6. The Kier molecular flexibility index (Phi) is 5.24. The second-order valence-electron chi connectivity index (χ2n) is 5.52. The summed E-state index contributed by atoms with van der Waals surface area (Å²) in [5, 5.41) is 8.55. The molecule has 0 fully saturated rings. The van der Waals surface area contributed by atoms with E-state index in [1.54, 1.807) is 25.1 Å². The van der Waals surface area contributed by atoms with Gasteiger partial charge in [0.15, 0.2) is 5.16 Å². The number of halogens is 1. The predicted octanol–water partition coefficient (Wildman–Crippen LogP) is 2.98. The van der Waals surface area contributed by atoms with Gasteiger partial charge in [0, 0.05) is 10.7 Å². The van der Waals surface area contributed by atoms with Crippen molar-refractivity contribution in [2.24, 2.45) is 5.14 Å². The van der Waals surface area contributed by atoms with Gasteiger partial charge in [0.1, 0.15) is 0 Å². The van der Waals surface area contributed by atoms with E-state index in [0.717, 1.165) is 11.0 Å². The number of aromatic amines is 1. The number of rotatable bonds is 5. The highest BCUT2D eigenvalue weighted by Crippen LogP contribution is 2.26. The topological polar surface area (TPSA) is 118 Å². The van der Waals surface area contributed by atoms with Gasteiger partial charge in [-0.2, -0.15) is 0 Å². The molecule has 1 amide bonds. The summed E-state index contributed by atoms with van der Waals surface area (Å²) >= 11 is 7.22. The van der Waals surface area contributed by atoms with Gasteiger partial charge in [-0.15, -0.1) is 0 Å². The van der Waals surface area contributed by atoms with Gasteiger partial charge in [-0.3, -0.25) is 4.79 Å². The average molecular weight is 411 g/mol. The summed E-state index contributed by atoms with van der Waals surface area (Å²) in [6.07, 6.45) is 0. The van der Waals surface area contributed by atoms with E-state index in [4.69, 9.17) is 16.7 Å². The number of amides is 1. The number of benzene rings is 2. The fourth-order valence-corrected chi connectivity index (χ4v) is 3.72. The zero-order chi connectivity index (χ0) is 18.9. The molecule has 3 rings (SSSR count). The Morgan fingerprint density at radius 1 is 1.27 bits per heavy atom. The molecule has 26 heavy (non-hydrogen) atoms. The van der Waals surface area contributed by atoms with Gasteiger partial charge in [-0.25, -0.2) is 18.5 Å². The molecular formula is C16H15ClN4O3S2. The second-order valence-corrected chi connectivity index (χ2v) is 8.85. The second kappa shape index (κ2) is 7.28. The summed E-state index contributed by atoms with van der Waals surface area (Å²) in [5.74, 6) is -0.239. The molecule has 10 heteroatoms. The third-order valence-corrected chi connectivity index (χ3v) is 5.68. The standard InChI is InChI=1S/C16H15ClN4O3S2/c1-9(25-16-20-13-7-2-10(17)8-14(13)21-16)15(22)19-11-3-5-12(6-4-11)26(18,23)24/h2-9H,1H3,(H,19,22)(H,20,21)(H2,18,23,24)/t9-/m1/s1. The largest absolute Gasteiger partial charge is 0.333 e. The average Bonchev–Trinajstić information content (AvgIpc) is 2.95. The Balaban J connectivity index is 1.67. The Labute approximate surface area is 159 Å². The van der Waals surface area contributed by atoms with Crippen molar-refractivity contribution in [2.75, 3.05) is 5.32 Å². The maximum atomic E-state index is 12.3. The molecule has 3 aromatic rings. The first-order chi connectivity index (χ1) is 12.2. The SMILES string of the molecule is C[C@@H](Sc1nc2ccc(Cl)cc2[nH]1)C(=O)Nc1ccc(S(N)(=O)=O)cc1. The predicted molar refractivity (Wildman–Crippen MR) is 103 cm³/mol. The highest BCUT2D eigenvalue weighted by atomic mass is 35.5. The third kappa shape index (κ3) is 4.36. The number of nitrogens with two attached hydrogens (primary N) is 1. The van der Waals surface area contributed by atoms with Gasteiger partial charge >= 0.3 is 0 Å². The lowest BCUT2D eigenvalue weighted by molar-refractivity contribution is -0.115. The Bertz CT molecular complexity index is 1060. The molecule has 7 nitrogen and oxygen atoms in total. The highest BCUT2D eigenvalue weighted by Gasteiger charge is 2.17. The van der Waals surface area contributed by atoms with E-state index in [1.165, 1.54) is 36.0 Å². The van der Waals surface area contributed by atoms with Crippen LogP contribution in [0.2, 0.25) is 5.02 Å². The molecule has 0 aliphatic rings. The Morgan fingerprint density at radius 2 is 1.96 bits per heavy atom. The lowest BCUT2D eigenvalue weighted by Gasteiger charge is -2.10. The smallest absolute Gasteiger partial charge is 0.238 e. The number of H-pyrrole nitrogens is 1. The maximum Gasteiger partial charge on any atom is 0.238 e. The fourth-order valence-electron chi connectivity index (χ4n) is 2.21. The molecule has 0 spiro atoms. The number of hydrogen-bond acceptors (Lipinski definition) is 5. The molecule has 0 saturated heterocycles. The van der Waals surface area contributed by atoms with Gasteiger partial charge < -0.3 is 10.3 Å². The van der Waals surface area contributed by atoms with E-state index in [9.17, 15) is 13.2 Å². The zero-order valence-corrected chi connectivity index (χ0v) is 16.0. The molecule has 0 unspecified atom stereocenters. The fraction of sp³-hybridized carbons (Fsp3) is 0.125. The van der Waals surface area contributed by atoms with Crippen LogP contribution in [-0.4, -0.2) is 29.5 Å². The summed E-state index contributed by atoms with van der Waals surface area (Å²) in [7, 11) is -3.76. The number of primary sulfonamides is 1. The van der Waals surface area contributed by atoms with Crippen molar-refractivity contribution >= 4 is 56.0 Å². The molecule has 0 radical (unpaired) electrons. The number of imidazole rings is 1. The van der Waals surface area contributed by atoms with Gasteiger partial charge in [-0.1, -0.05) is 23.4 Å². The van der Waals surface area contributed by atoms with Crippen molar-refractivity contribution in [1.82, 2.24) is 9.97 Å². The molecule has 0 aliphatic carbocycles. The van der Waals surface area contributed by atoms with Crippen LogP contribution >= 0.6 is 23.4 Å². The molecule has 0 aliphatic heterocycles. The van der Waals surface area contributed by atoms with Crippen LogP contribution in [0.15, 0.2) is 52.5 Å². The number of anilines is 1. The van der Waals surface area contributed by atoms with E-state index in [0.29, 0.717) is 15.9 Å². The third-order valence-electron chi connectivity index (χ3n) is 3.53. The number of fused-ring (bicyclic) bond motifs is 1. The number of carbonyl (C=O) groups excluding carboxylic acids is 1.